The van der Waals surface area contributed by atoms with Gasteiger partial charge >= 0.3 is 6.01 Å². The van der Waals surface area contributed by atoms with E-state index in [1.807, 2.05) is 0 Å². The van der Waals surface area contributed by atoms with Crippen molar-refractivity contribution in [3.63, 3.8) is 0 Å². The van der Waals surface area contributed by atoms with Crippen LogP contribution in [0.15, 0.2) is 18.5 Å². The molecule has 1 heterocycles. The van der Waals surface area contributed by atoms with Gasteiger partial charge in [-0.3, -0.25) is 4.18 Å². The minimum atomic E-state index is -3.47. The minimum Gasteiger partial charge on any atom is -0.616 e. The van der Waals surface area contributed by atoms with E-state index < -0.39 is 21.3 Å². The Balaban J connectivity index is 2.07. The van der Waals surface area contributed by atoms with Crippen LogP contribution in [0.2, 0.25) is 0 Å². The summed E-state index contributed by atoms with van der Waals surface area (Å²) < 4.78 is 56.0. The standard InChI is InChI=1S/C31H58N2O7S2/c1-3-4-5-6-7-8-9-10-11-12-13-14-15-16-17-18-23-38-29-30(40-31-32-21-19-22-33-31)20-27-41(34)28-26-37-24-25-39-42(2,35)36/h19,21-22,30H,3-18,20,23-29H2,1-2H3. The predicted molar refractivity (Wildman–Crippen MR) is 171 cm³/mol. The lowest BCUT2D eigenvalue weighted by Gasteiger charge is -2.19. The topological polar surface area (TPSA) is 120 Å². The predicted octanol–water partition coefficient (Wildman–Crippen LogP) is 6.63. The largest absolute Gasteiger partial charge is 0.616 e. The first-order valence-corrected chi connectivity index (χ1v) is 19.5. The molecule has 2 unspecified atom stereocenters. The van der Waals surface area contributed by atoms with Crippen LogP contribution in [0.5, 0.6) is 6.01 Å². The third-order valence-electron chi connectivity index (χ3n) is 6.91. The molecule has 0 radical (unpaired) electrons. The number of hydrogen-bond acceptors (Lipinski definition) is 9. The molecule has 2 atom stereocenters. The highest BCUT2D eigenvalue weighted by Crippen LogP contribution is 2.14. The van der Waals surface area contributed by atoms with Crippen molar-refractivity contribution >= 4 is 21.3 Å². The van der Waals surface area contributed by atoms with Gasteiger partial charge in [-0.1, -0.05) is 114 Å². The molecule has 0 saturated carbocycles. The number of rotatable bonds is 31. The normalized spacial score (nSPS) is 13.3. The van der Waals surface area contributed by atoms with E-state index in [9.17, 15) is 13.0 Å². The average Bonchev–Trinajstić information content (AvgIpc) is 2.97. The van der Waals surface area contributed by atoms with Crippen LogP contribution in [-0.4, -0.2) is 79.8 Å². The third kappa shape index (κ3) is 26.6. The van der Waals surface area contributed by atoms with Crippen molar-refractivity contribution in [2.45, 2.75) is 122 Å². The van der Waals surface area contributed by atoms with Crippen LogP contribution in [0.1, 0.15) is 116 Å². The van der Waals surface area contributed by atoms with Crippen LogP contribution in [-0.2, 0) is 35.0 Å². The van der Waals surface area contributed by atoms with Crippen molar-refractivity contribution in [2.75, 3.05) is 50.8 Å². The second kappa shape index (κ2) is 27.6. The fraction of sp³-hybridized carbons (Fsp3) is 0.871. The van der Waals surface area contributed by atoms with Crippen LogP contribution in [0.4, 0.5) is 0 Å². The summed E-state index contributed by atoms with van der Waals surface area (Å²) in [7, 11) is -3.47. The van der Waals surface area contributed by atoms with Crippen molar-refractivity contribution in [3.05, 3.63) is 18.5 Å². The fourth-order valence-electron chi connectivity index (χ4n) is 4.50. The Hall–Kier alpha value is -0.980. The second-order valence-electron chi connectivity index (χ2n) is 10.9. The summed E-state index contributed by atoms with van der Waals surface area (Å²) in [5.74, 6) is 0.788. The first-order valence-electron chi connectivity index (χ1n) is 16.2. The van der Waals surface area contributed by atoms with Gasteiger partial charge in [-0.05, 0) is 12.5 Å². The average molecular weight is 635 g/mol. The summed E-state index contributed by atoms with van der Waals surface area (Å²) in [4.78, 5) is 8.26. The first-order chi connectivity index (χ1) is 20.4. The summed E-state index contributed by atoms with van der Waals surface area (Å²) in [6.07, 6.45) is 25.9. The molecule has 1 rings (SSSR count). The summed E-state index contributed by atoms with van der Waals surface area (Å²) >= 11 is -1.10. The summed E-state index contributed by atoms with van der Waals surface area (Å²) in [5, 5.41) is 0. The zero-order chi connectivity index (χ0) is 30.6. The minimum absolute atomic E-state index is 0.0464. The molecule has 0 aliphatic carbocycles. The molecule has 0 fully saturated rings. The zero-order valence-corrected chi connectivity index (χ0v) is 28.0. The smallest absolute Gasteiger partial charge is 0.316 e. The fourth-order valence-corrected chi connectivity index (χ4v) is 5.91. The lowest BCUT2D eigenvalue weighted by Crippen LogP contribution is -2.28. The molecule has 0 aliphatic heterocycles. The van der Waals surface area contributed by atoms with Crippen molar-refractivity contribution in [2.24, 2.45) is 0 Å². The summed E-state index contributed by atoms with van der Waals surface area (Å²) in [5.41, 5.74) is 0. The molecule has 0 amide bonds. The Morgan fingerprint density at radius 3 is 1.83 bits per heavy atom. The van der Waals surface area contributed by atoms with E-state index in [-0.39, 0.29) is 31.9 Å². The number of nitrogens with zero attached hydrogens (tertiary/aromatic N) is 2. The van der Waals surface area contributed by atoms with Gasteiger partial charge in [0.25, 0.3) is 10.1 Å². The third-order valence-corrected chi connectivity index (χ3v) is 8.82. The van der Waals surface area contributed by atoms with Gasteiger partial charge in [0.1, 0.15) is 17.6 Å². The lowest BCUT2D eigenvalue weighted by molar-refractivity contribution is 0.0421. The molecule has 11 heteroatoms. The highest BCUT2D eigenvalue weighted by atomic mass is 32.2. The molecule has 9 nitrogen and oxygen atoms in total. The second-order valence-corrected chi connectivity index (χ2v) is 14.3. The van der Waals surface area contributed by atoms with E-state index in [1.165, 1.54) is 96.3 Å². The van der Waals surface area contributed by atoms with Crippen molar-refractivity contribution in [1.29, 1.82) is 0 Å². The van der Waals surface area contributed by atoms with E-state index in [1.54, 1.807) is 18.5 Å². The Bertz CT molecular complexity index is 819. The van der Waals surface area contributed by atoms with Gasteiger partial charge in [0.05, 0.1) is 32.7 Å². The molecular formula is C31H58N2O7S2. The number of hydrogen-bond donors (Lipinski definition) is 0. The van der Waals surface area contributed by atoms with E-state index in [2.05, 4.69) is 21.1 Å². The lowest BCUT2D eigenvalue weighted by atomic mass is 10.0. The Morgan fingerprint density at radius 1 is 0.738 bits per heavy atom. The van der Waals surface area contributed by atoms with Crippen LogP contribution in [0, 0.1) is 0 Å². The Morgan fingerprint density at radius 2 is 1.29 bits per heavy atom. The molecular weight excluding hydrogens is 576 g/mol. The quantitative estimate of drug-likeness (QED) is 0.0503. The highest BCUT2D eigenvalue weighted by Gasteiger charge is 2.17. The van der Waals surface area contributed by atoms with Crippen molar-refractivity contribution in [1.82, 2.24) is 9.97 Å². The molecule has 0 saturated heterocycles. The molecule has 0 N–H and O–H groups in total. The van der Waals surface area contributed by atoms with Gasteiger partial charge < -0.3 is 18.8 Å². The maximum atomic E-state index is 12.4. The molecule has 0 aliphatic rings. The summed E-state index contributed by atoms with van der Waals surface area (Å²) in [6, 6.07) is 2.01. The molecule has 246 valence electrons. The van der Waals surface area contributed by atoms with E-state index in [0.717, 1.165) is 12.7 Å². The van der Waals surface area contributed by atoms with Gasteiger partial charge in [-0.25, -0.2) is 9.97 Å². The van der Waals surface area contributed by atoms with Crippen LogP contribution in [0.25, 0.3) is 0 Å². The first kappa shape index (κ1) is 39.0. The molecule has 0 bridgehead atoms. The van der Waals surface area contributed by atoms with Crippen LogP contribution >= 0.6 is 0 Å². The monoisotopic (exact) mass is 634 g/mol. The number of ether oxygens (including phenoxy) is 3. The number of unbranched alkanes of at least 4 members (excludes halogenated alkanes) is 15. The van der Waals surface area contributed by atoms with Gasteiger partial charge in [-0.2, -0.15) is 8.42 Å². The molecule has 0 spiro atoms. The van der Waals surface area contributed by atoms with Gasteiger partial charge in [0, 0.05) is 25.4 Å². The van der Waals surface area contributed by atoms with E-state index in [4.69, 9.17) is 14.2 Å². The van der Waals surface area contributed by atoms with Crippen molar-refractivity contribution < 1.29 is 31.4 Å². The maximum absolute atomic E-state index is 12.4. The maximum Gasteiger partial charge on any atom is 0.316 e. The SMILES string of the molecule is CCCCCCCCCCCCCCCCCCOCC(CC[S+]([O-])CCOCCOS(C)(=O)=O)Oc1ncccn1. The van der Waals surface area contributed by atoms with Gasteiger partial charge in [-0.15, -0.1) is 0 Å². The van der Waals surface area contributed by atoms with Crippen LogP contribution < -0.4 is 4.74 Å². The molecule has 42 heavy (non-hydrogen) atoms. The van der Waals surface area contributed by atoms with Crippen LogP contribution in [0.3, 0.4) is 0 Å². The Kier molecular flexibility index (Phi) is 25.6. The highest BCUT2D eigenvalue weighted by molar-refractivity contribution is 7.91. The van der Waals surface area contributed by atoms with E-state index >= 15 is 0 Å². The summed E-state index contributed by atoms with van der Waals surface area (Å²) in [6.45, 7) is 3.70. The molecule has 1 aromatic heterocycles. The molecule has 0 aromatic carbocycles. The Labute approximate surface area is 259 Å². The van der Waals surface area contributed by atoms with Gasteiger partial charge in [0.15, 0.2) is 0 Å². The van der Waals surface area contributed by atoms with Gasteiger partial charge in [0.2, 0.25) is 0 Å². The van der Waals surface area contributed by atoms with Crippen molar-refractivity contribution in [3.8, 4) is 6.01 Å². The zero-order valence-electron chi connectivity index (χ0n) is 26.3. The molecule has 1 aromatic rings. The van der Waals surface area contributed by atoms with E-state index in [0.29, 0.717) is 31.1 Å². The number of aromatic nitrogens is 2.